The van der Waals surface area contributed by atoms with E-state index >= 15 is 0 Å². The van der Waals surface area contributed by atoms with Gasteiger partial charge in [0.25, 0.3) is 0 Å². The molecule has 0 amide bonds. The van der Waals surface area contributed by atoms with Crippen molar-refractivity contribution in [3.63, 3.8) is 0 Å². The van der Waals surface area contributed by atoms with Gasteiger partial charge in [0.05, 0.1) is 11.4 Å². The van der Waals surface area contributed by atoms with Crippen LogP contribution in [0, 0.1) is 11.8 Å². The van der Waals surface area contributed by atoms with E-state index in [9.17, 15) is 10.2 Å². The first-order valence-corrected chi connectivity index (χ1v) is 9.72. The maximum atomic E-state index is 9.91. The van der Waals surface area contributed by atoms with Crippen LogP contribution in [0.4, 0.5) is 11.4 Å². The van der Waals surface area contributed by atoms with Crippen LogP contribution in [-0.2, 0) is 0 Å². The Morgan fingerprint density at radius 1 is 0.594 bits per heavy atom. The van der Waals surface area contributed by atoms with E-state index in [-0.39, 0.29) is 22.9 Å². The van der Waals surface area contributed by atoms with E-state index in [1.807, 2.05) is 30.3 Å². The zero-order chi connectivity index (χ0) is 22.5. The van der Waals surface area contributed by atoms with Crippen LogP contribution < -0.4 is 20.9 Å². The molecule has 0 aliphatic rings. The maximum Gasteiger partial charge on any atom is 0.146 e. The van der Waals surface area contributed by atoms with E-state index in [0.29, 0.717) is 28.6 Å². The van der Waals surface area contributed by atoms with Crippen molar-refractivity contribution in [2.75, 3.05) is 11.5 Å². The fourth-order valence-electron chi connectivity index (χ4n) is 2.89. The number of nitrogens with two attached hydrogens (primary N) is 2. The second kappa shape index (κ2) is 8.94. The Bertz CT molecular complexity index is 1250. The third kappa shape index (κ3) is 4.69. The van der Waals surface area contributed by atoms with Crippen LogP contribution in [-0.4, -0.2) is 10.2 Å². The summed E-state index contributed by atoms with van der Waals surface area (Å²) in [7, 11) is 0. The first-order valence-electron chi connectivity index (χ1n) is 9.72. The molecule has 0 saturated carbocycles. The largest absolute Gasteiger partial charge is 0.506 e. The van der Waals surface area contributed by atoms with E-state index in [1.165, 1.54) is 12.1 Å². The number of ether oxygens (including phenoxy) is 2. The molecule has 0 heterocycles. The van der Waals surface area contributed by atoms with Gasteiger partial charge >= 0.3 is 0 Å². The second-order valence-electron chi connectivity index (χ2n) is 6.89. The van der Waals surface area contributed by atoms with Crippen molar-refractivity contribution in [2.24, 2.45) is 0 Å². The van der Waals surface area contributed by atoms with Crippen molar-refractivity contribution in [3.05, 3.63) is 96.1 Å². The van der Waals surface area contributed by atoms with Gasteiger partial charge in [-0.05, 0) is 48.5 Å². The number of rotatable bonds is 4. The molecule has 158 valence electrons. The average Bonchev–Trinajstić information content (AvgIpc) is 2.79. The number of aromatic hydroxyl groups is 2. The fraction of sp³-hybridized carbons (Fsp3) is 0. The summed E-state index contributed by atoms with van der Waals surface area (Å²) in [4.78, 5) is 0. The molecule has 0 aromatic heterocycles. The van der Waals surface area contributed by atoms with E-state index in [2.05, 4.69) is 11.8 Å². The van der Waals surface area contributed by atoms with Crippen molar-refractivity contribution in [1.29, 1.82) is 0 Å². The minimum Gasteiger partial charge on any atom is -0.506 e. The zero-order valence-electron chi connectivity index (χ0n) is 16.9. The topological polar surface area (TPSA) is 111 Å². The lowest BCUT2D eigenvalue weighted by Gasteiger charge is -2.13. The van der Waals surface area contributed by atoms with Gasteiger partial charge in [-0.2, -0.15) is 0 Å². The maximum absolute atomic E-state index is 9.91. The third-order valence-electron chi connectivity index (χ3n) is 4.55. The Kier molecular flexibility index (Phi) is 5.73. The number of anilines is 2. The Morgan fingerprint density at radius 3 is 1.62 bits per heavy atom. The summed E-state index contributed by atoms with van der Waals surface area (Å²) >= 11 is 0. The molecule has 0 unspecified atom stereocenters. The first kappa shape index (κ1) is 20.5. The van der Waals surface area contributed by atoms with Crippen LogP contribution in [0.5, 0.6) is 34.5 Å². The van der Waals surface area contributed by atoms with Crippen molar-refractivity contribution >= 4 is 11.4 Å². The predicted molar refractivity (Wildman–Crippen MR) is 124 cm³/mol. The third-order valence-corrected chi connectivity index (χ3v) is 4.55. The molecule has 6 N–H and O–H groups in total. The Hall–Kier alpha value is -4.76. The smallest absolute Gasteiger partial charge is 0.146 e. The van der Waals surface area contributed by atoms with E-state index in [0.717, 1.165) is 5.56 Å². The summed E-state index contributed by atoms with van der Waals surface area (Å²) in [5, 5.41) is 19.8. The summed E-state index contributed by atoms with van der Waals surface area (Å²) in [5.41, 5.74) is 13.2. The van der Waals surface area contributed by atoms with Crippen molar-refractivity contribution in [2.45, 2.75) is 0 Å². The normalized spacial score (nSPS) is 10.1. The van der Waals surface area contributed by atoms with Crippen molar-refractivity contribution in [3.8, 4) is 46.3 Å². The number of hydrogen-bond acceptors (Lipinski definition) is 6. The molecular weight excluding hydrogens is 404 g/mol. The van der Waals surface area contributed by atoms with Crippen molar-refractivity contribution in [1.82, 2.24) is 0 Å². The molecule has 4 aromatic carbocycles. The molecule has 0 saturated heterocycles. The summed E-state index contributed by atoms with van der Waals surface area (Å²) in [5.74, 6) is 7.70. The lowest BCUT2D eigenvalue weighted by Crippen LogP contribution is -1.94. The minimum atomic E-state index is -0.0795. The summed E-state index contributed by atoms with van der Waals surface area (Å²) < 4.78 is 12.0. The number of benzene rings is 4. The molecule has 32 heavy (non-hydrogen) atoms. The van der Waals surface area contributed by atoms with E-state index < -0.39 is 0 Å². The van der Waals surface area contributed by atoms with Gasteiger partial charge in [-0.25, -0.2) is 0 Å². The molecule has 0 aliphatic carbocycles. The summed E-state index contributed by atoms with van der Waals surface area (Å²) in [6.07, 6.45) is 0. The molecule has 0 radical (unpaired) electrons. The predicted octanol–water partition coefficient (Wildman–Crippen LogP) is 5.25. The number of hydrogen-bond donors (Lipinski definition) is 4. The molecule has 0 atom stereocenters. The quantitative estimate of drug-likeness (QED) is 0.202. The van der Waals surface area contributed by atoms with E-state index in [1.54, 1.807) is 42.5 Å². The highest BCUT2D eigenvalue weighted by Gasteiger charge is 2.13. The molecule has 0 spiro atoms. The van der Waals surface area contributed by atoms with Gasteiger partial charge in [-0.3, -0.25) is 0 Å². The SMILES string of the molecule is Nc1ccc(Oc2cccc(Oc3ccc(N)c(O)c3)c2C#Cc2ccccc2)cc1O. The molecule has 4 rings (SSSR count). The highest BCUT2D eigenvalue weighted by molar-refractivity contribution is 5.61. The fourth-order valence-corrected chi connectivity index (χ4v) is 2.89. The van der Waals surface area contributed by atoms with Crippen LogP contribution in [0.3, 0.4) is 0 Å². The Morgan fingerprint density at radius 2 is 1.12 bits per heavy atom. The molecule has 6 heteroatoms. The van der Waals surface area contributed by atoms with Gasteiger partial charge in [0, 0.05) is 17.7 Å². The standard InChI is InChI=1S/C26H20N2O4/c27-21-13-10-18(15-23(21)29)31-25-7-4-8-26(32-19-11-14-22(28)24(30)16-19)20(25)12-9-17-5-2-1-3-6-17/h1-8,10-11,13-16,29-30H,27-28H2. The monoisotopic (exact) mass is 424 g/mol. The van der Waals surface area contributed by atoms with Crippen LogP contribution >= 0.6 is 0 Å². The van der Waals surface area contributed by atoms with Gasteiger partial charge in [0.15, 0.2) is 0 Å². The van der Waals surface area contributed by atoms with Crippen LogP contribution in [0.15, 0.2) is 84.9 Å². The Labute approximate surface area is 185 Å². The Balaban J connectivity index is 1.76. The van der Waals surface area contributed by atoms with Crippen LogP contribution in [0.2, 0.25) is 0 Å². The highest BCUT2D eigenvalue weighted by Crippen LogP contribution is 2.37. The first-order chi connectivity index (χ1) is 15.5. The molecule has 6 nitrogen and oxygen atoms in total. The van der Waals surface area contributed by atoms with Crippen LogP contribution in [0.1, 0.15) is 11.1 Å². The van der Waals surface area contributed by atoms with Crippen LogP contribution in [0.25, 0.3) is 0 Å². The highest BCUT2D eigenvalue weighted by atomic mass is 16.5. The molecule has 0 aliphatic heterocycles. The molecular formula is C26H20N2O4. The molecule has 0 bridgehead atoms. The summed E-state index contributed by atoms with van der Waals surface area (Å²) in [6.45, 7) is 0. The number of phenols is 2. The van der Waals surface area contributed by atoms with Gasteiger partial charge in [0.2, 0.25) is 0 Å². The number of phenolic OH excluding ortho intramolecular Hbond substituents is 2. The minimum absolute atomic E-state index is 0.0795. The van der Waals surface area contributed by atoms with Gasteiger partial charge < -0.3 is 31.2 Å². The molecule has 4 aromatic rings. The van der Waals surface area contributed by atoms with Crippen molar-refractivity contribution < 1.29 is 19.7 Å². The number of nitrogen functional groups attached to an aromatic ring is 2. The van der Waals surface area contributed by atoms with Gasteiger partial charge in [-0.1, -0.05) is 36.1 Å². The second-order valence-corrected chi connectivity index (χ2v) is 6.89. The van der Waals surface area contributed by atoms with Gasteiger partial charge in [-0.15, -0.1) is 0 Å². The summed E-state index contributed by atoms with van der Waals surface area (Å²) in [6, 6.07) is 24.0. The lowest BCUT2D eigenvalue weighted by atomic mass is 10.1. The van der Waals surface area contributed by atoms with Gasteiger partial charge in [0.1, 0.15) is 40.1 Å². The van der Waals surface area contributed by atoms with E-state index in [4.69, 9.17) is 20.9 Å². The molecule has 0 fully saturated rings. The lowest BCUT2D eigenvalue weighted by molar-refractivity contribution is 0.444. The average molecular weight is 424 g/mol. The zero-order valence-corrected chi connectivity index (χ0v) is 16.9.